The Morgan fingerprint density at radius 2 is 1.90 bits per heavy atom. The van der Waals surface area contributed by atoms with Gasteiger partial charge in [0, 0.05) is 5.56 Å². The van der Waals surface area contributed by atoms with Gasteiger partial charge in [0.05, 0.1) is 11.6 Å². The van der Waals surface area contributed by atoms with E-state index in [1.807, 2.05) is 6.07 Å². The van der Waals surface area contributed by atoms with Crippen LogP contribution >= 0.6 is 0 Å². The van der Waals surface area contributed by atoms with Crippen molar-refractivity contribution in [2.45, 2.75) is 13.0 Å². The van der Waals surface area contributed by atoms with Gasteiger partial charge >= 0.3 is 0 Å². The molecule has 0 heterocycles. The minimum absolute atomic E-state index is 0.0371. The number of rotatable bonds is 5. The summed E-state index contributed by atoms with van der Waals surface area (Å²) in [6.45, 7) is 0.322. The van der Waals surface area contributed by atoms with Crippen LogP contribution in [0.25, 0.3) is 0 Å². The van der Waals surface area contributed by atoms with Crippen LogP contribution < -0.4 is 10.5 Å². The number of nitriles is 1. The zero-order valence-corrected chi connectivity index (χ0v) is 11.3. The Balaban J connectivity index is 2.18. The fraction of sp³-hybridized carbons (Fsp3) is 0.188. The van der Waals surface area contributed by atoms with Crippen LogP contribution in [0.2, 0.25) is 0 Å². The first-order valence-electron chi connectivity index (χ1n) is 6.44. The van der Waals surface area contributed by atoms with Crippen LogP contribution in [0, 0.1) is 23.0 Å². The predicted molar refractivity (Wildman–Crippen MR) is 74.6 cm³/mol. The van der Waals surface area contributed by atoms with Crippen LogP contribution in [-0.2, 0) is 13.0 Å². The van der Waals surface area contributed by atoms with E-state index in [0.717, 1.165) is 0 Å². The zero-order valence-electron chi connectivity index (χ0n) is 11.3. The van der Waals surface area contributed by atoms with Crippen molar-refractivity contribution in [1.29, 1.82) is 5.26 Å². The average molecular weight is 288 g/mol. The van der Waals surface area contributed by atoms with Crippen LogP contribution in [0.4, 0.5) is 8.78 Å². The van der Waals surface area contributed by atoms with Gasteiger partial charge in [0.25, 0.3) is 0 Å². The summed E-state index contributed by atoms with van der Waals surface area (Å²) in [6, 6.07) is 10.1. The normalized spacial score (nSPS) is 10.2. The van der Waals surface area contributed by atoms with Crippen molar-refractivity contribution in [2.24, 2.45) is 5.73 Å². The zero-order chi connectivity index (χ0) is 15.2. The number of hydrogen-bond donors (Lipinski definition) is 1. The molecule has 0 aliphatic rings. The Hall–Kier alpha value is -2.45. The molecule has 0 spiro atoms. The second-order valence-corrected chi connectivity index (χ2v) is 4.50. The van der Waals surface area contributed by atoms with Gasteiger partial charge in [-0.2, -0.15) is 5.26 Å². The molecule has 0 unspecified atom stereocenters. The molecule has 0 aliphatic carbocycles. The first-order chi connectivity index (χ1) is 10.1. The molecule has 0 atom stereocenters. The summed E-state index contributed by atoms with van der Waals surface area (Å²) in [5.41, 5.74) is 6.74. The monoisotopic (exact) mass is 288 g/mol. The number of nitrogens with two attached hydrogens (primary N) is 1. The van der Waals surface area contributed by atoms with Gasteiger partial charge in [-0.3, -0.25) is 0 Å². The maximum atomic E-state index is 13.7. The van der Waals surface area contributed by atoms with E-state index in [9.17, 15) is 8.78 Å². The smallest absolute Gasteiger partial charge is 0.129 e. The molecule has 3 nitrogen and oxygen atoms in total. The van der Waals surface area contributed by atoms with Gasteiger partial charge in [-0.1, -0.05) is 0 Å². The van der Waals surface area contributed by atoms with Gasteiger partial charge in [0.2, 0.25) is 0 Å². The van der Waals surface area contributed by atoms with E-state index in [2.05, 4.69) is 0 Å². The molecule has 0 aliphatic heterocycles. The second kappa shape index (κ2) is 6.82. The Kier molecular flexibility index (Phi) is 4.85. The third kappa shape index (κ3) is 3.77. The largest absolute Gasteiger partial charge is 0.489 e. The molecule has 2 aromatic rings. The van der Waals surface area contributed by atoms with Gasteiger partial charge in [-0.15, -0.1) is 0 Å². The fourth-order valence-corrected chi connectivity index (χ4v) is 1.95. The van der Waals surface area contributed by atoms with Crippen LogP contribution in [0.1, 0.15) is 16.7 Å². The van der Waals surface area contributed by atoms with Crippen molar-refractivity contribution in [3.8, 4) is 11.8 Å². The lowest BCUT2D eigenvalue weighted by Gasteiger charge is -2.12. The fourth-order valence-electron chi connectivity index (χ4n) is 1.95. The second-order valence-electron chi connectivity index (χ2n) is 4.50. The average Bonchev–Trinajstić information content (AvgIpc) is 2.48. The third-order valence-corrected chi connectivity index (χ3v) is 2.99. The molecule has 0 amide bonds. The van der Waals surface area contributed by atoms with Gasteiger partial charge in [-0.25, -0.2) is 8.78 Å². The molecule has 0 bridgehead atoms. The highest BCUT2D eigenvalue weighted by Crippen LogP contribution is 2.22. The number of hydrogen-bond acceptors (Lipinski definition) is 3. The maximum Gasteiger partial charge on any atom is 0.129 e. The molecule has 2 rings (SSSR count). The molecule has 2 aromatic carbocycles. The third-order valence-electron chi connectivity index (χ3n) is 2.99. The van der Waals surface area contributed by atoms with E-state index in [1.165, 1.54) is 36.4 Å². The van der Waals surface area contributed by atoms with Crippen molar-refractivity contribution < 1.29 is 13.5 Å². The quantitative estimate of drug-likeness (QED) is 0.920. The van der Waals surface area contributed by atoms with Crippen LogP contribution in [0.15, 0.2) is 36.4 Å². The van der Waals surface area contributed by atoms with E-state index in [-0.39, 0.29) is 18.0 Å². The molecule has 0 saturated heterocycles. The predicted octanol–water partition coefficient (Wildman–Crippen LogP) is 2.92. The first kappa shape index (κ1) is 14.9. The molecule has 2 N–H and O–H groups in total. The minimum atomic E-state index is -0.448. The van der Waals surface area contributed by atoms with E-state index in [0.29, 0.717) is 29.8 Å². The van der Waals surface area contributed by atoms with Crippen molar-refractivity contribution >= 4 is 0 Å². The van der Waals surface area contributed by atoms with E-state index in [4.69, 9.17) is 15.7 Å². The van der Waals surface area contributed by atoms with Gasteiger partial charge < -0.3 is 10.5 Å². The van der Waals surface area contributed by atoms with Crippen LogP contribution in [0.5, 0.6) is 5.75 Å². The van der Waals surface area contributed by atoms with Crippen molar-refractivity contribution in [3.63, 3.8) is 0 Å². The van der Waals surface area contributed by atoms with Gasteiger partial charge in [0.15, 0.2) is 0 Å². The van der Waals surface area contributed by atoms with Crippen LogP contribution in [0.3, 0.4) is 0 Å². The number of benzene rings is 2. The standard InChI is InChI=1S/C16H14F2N2O/c17-14-2-4-16(12(8-14)5-6-19)21-10-13-7-11(9-20)1-3-15(13)18/h1-4,7-8H,5-6,10,19H2. The Morgan fingerprint density at radius 3 is 2.62 bits per heavy atom. The molecular formula is C16H14F2N2O. The maximum absolute atomic E-state index is 13.7. The van der Waals surface area contributed by atoms with E-state index < -0.39 is 5.82 Å². The van der Waals surface area contributed by atoms with Gasteiger partial charge in [-0.05, 0) is 54.9 Å². The molecule has 0 aromatic heterocycles. The lowest BCUT2D eigenvalue weighted by atomic mass is 10.1. The number of nitrogens with zero attached hydrogens (tertiary/aromatic N) is 1. The first-order valence-corrected chi connectivity index (χ1v) is 6.44. The lowest BCUT2D eigenvalue weighted by Crippen LogP contribution is -2.06. The van der Waals surface area contributed by atoms with E-state index in [1.54, 1.807) is 0 Å². The summed E-state index contributed by atoms with van der Waals surface area (Å²) >= 11 is 0. The van der Waals surface area contributed by atoms with Crippen LogP contribution in [-0.4, -0.2) is 6.54 Å². The molecule has 5 heteroatoms. The lowest BCUT2D eigenvalue weighted by molar-refractivity contribution is 0.296. The summed E-state index contributed by atoms with van der Waals surface area (Å²) in [4.78, 5) is 0. The Labute approximate surface area is 121 Å². The highest BCUT2D eigenvalue weighted by molar-refractivity contribution is 5.36. The summed E-state index contributed by atoms with van der Waals surface area (Å²) in [6.07, 6.45) is 0.466. The highest BCUT2D eigenvalue weighted by atomic mass is 19.1. The molecule has 0 fully saturated rings. The molecule has 0 radical (unpaired) electrons. The molecule has 108 valence electrons. The highest BCUT2D eigenvalue weighted by Gasteiger charge is 2.08. The van der Waals surface area contributed by atoms with Gasteiger partial charge in [0.1, 0.15) is 24.0 Å². The van der Waals surface area contributed by atoms with Crippen molar-refractivity contribution in [3.05, 3.63) is 64.7 Å². The topological polar surface area (TPSA) is 59.0 Å². The number of ether oxygens (including phenoxy) is 1. The summed E-state index contributed by atoms with van der Waals surface area (Å²) < 4.78 is 32.4. The summed E-state index contributed by atoms with van der Waals surface area (Å²) in [5.74, 6) is -0.358. The summed E-state index contributed by atoms with van der Waals surface area (Å²) in [5, 5.41) is 8.81. The molecular weight excluding hydrogens is 274 g/mol. The summed E-state index contributed by atoms with van der Waals surface area (Å²) in [7, 11) is 0. The molecule has 0 saturated carbocycles. The minimum Gasteiger partial charge on any atom is -0.489 e. The number of halogens is 2. The Morgan fingerprint density at radius 1 is 1.10 bits per heavy atom. The van der Waals surface area contributed by atoms with Crippen molar-refractivity contribution in [1.82, 2.24) is 0 Å². The molecule has 21 heavy (non-hydrogen) atoms. The SMILES string of the molecule is N#Cc1ccc(F)c(COc2ccc(F)cc2CCN)c1. The Bertz CT molecular complexity index is 680. The van der Waals surface area contributed by atoms with Crippen molar-refractivity contribution in [2.75, 3.05) is 6.54 Å². The van der Waals surface area contributed by atoms with E-state index >= 15 is 0 Å².